The van der Waals surface area contributed by atoms with Crippen molar-refractivity contribution in [2.75, 3.05) is 6.54 Å². The van der Waals surface area contributed by atoms with Crippen LogP contribution >= 0.6 is 0 Å². The van der Waals surface area contributed by atoms with Gasteiger partial charge in [0.2, 0.25) is 0 Å². The van der Waals surface area contributed by atoms with Crippen molar-refractivity contribution >= 4 is 12.1 Å². The van der Waals surface area contributed by atoms with Gasteiger partial charge in [0.25, 0.3) is 5.91 Å². The Hall–Kier alpha value is -1.12. The molecule has 0 bridgehead atoms. The molecule has 0 saturated heterocycles. The molecule has 0 spiro atoms. The summed E-state index contributed by atoms with van der Waals surface area (Å²) in [5.74, 6) is -0.199. The van der Waals surface area contributed by atoms with Crippen LogP contribution in [0.3, 0.4) is 0 Å². The summed E-state index contributed by atoms with van der Waals surface area (Å²) in [4.78, 5) is 13.9. The van der Waals surface area contributed by atoms with Crippen LogP contribution in [-0.4, -0.2) is 18.7 Å². The maximum absolute atomic E-state index is 10.4. The van der Waals surface area contributed by atoms with Crippen LogP contribution in [0.15, 0.2) is 17.3 Å². The fraction of sp³-hybridized carbons (Fsp3) is 0.200. The van der Waals surface area contributed by atoms with Gasteiger partial charge in [-0.15, -0.1) is 0 Å². The molecule has 1 aliphatic rings. The number of hydrogen-bond acceptors (Lipinski definition) is 2. The van der Waals surface area contributed by atoms with Crippen molar-refractivity contribution in [1.29, 1.82) is 0 Å². The van der Waals surface area contributed by atoms with E-state index in [1.165, 1.54) is 6.08 Å². The van der Waals surface area contributed by atoms with Gasteiger partial charge in [-0.05, 0) is 0 Å². The van der Waals surface area contributed by atoms with E-state index in [1.807, 2.05) is 0 Å². The van der Waals surface area contributed by atoms with Crippen LogP contribution in [0.25, 0.3) is 0 Å². The second-order valence-electron chi connectivity index (χ2n) is 1.39. The van der Waals surface area contributed by atoms with E-state index >= 15 is 0 Å². The zero-order valence-corrected chi connectivity index (χ0v) is 4.29. The molecule has 1 aliphatic heterocycles. The fourth-order valence-electron chi connectivity index (χ4n) is 0.430. The molecule has 0 aromatic rings. The third-order valence-corrected chi connectivity index (χ3v) is 0.771. The summed E-state index contributed by atoms with van der Waals surface area (Å²) in [6.07, 6.45) is 4.53. The number of carbonyl (C=O) groups excluding carboxylic acids is 1. The summed E-state index contributed by atoms with van der Waals surface area (Å²) in [6.45, 7) is 0.641. The predicted octanol–water partition coefficient (Wildman–Crippen LogP) is -0.299. The van der Waals surface area contributed by atoms with Crippen molar-refractivity contribution < 1.29 is 4.79 Å². The van der Waals surface area contributed by atoms with Crippen LogP contribution in [0.1, 0.15) is 0 Å². The summed E-state index contributed by atoms with van der Waals surface area (Å²) in [6, 6.07) is 0. The average Bonchev–Trinajstić information content (AvgIpc) is 1.94. The molecule has 0 atom stereocenters. The van der Waals surface area contributed by atoms with Crippen molar-refractivity contribution in [2.24, 2.45) is 4.99 Å². The number of hydrogen-bond donors (Lipinski definition) is 1. The molecule has 0 aromatic carbocycles. The number of amides is 1. The lowest BCUT2D eigenvalue weighted by Gasteiger charge is -1.83. The van der Waals surface area contributed by atoms with Gasteiger partial charge in [0.15, 0.2) is 0 Å². The zero-order valence-electron chi connectivity index (χ0n) is 4.29. The number of rotatable bonds is 0. The van der Waals surface area contributed by atoms with Gasteiger partial charge in [-0.25, -0.2) is 4.99 Å². The summed E-state index contributed by atoms with van der Waals surface area (Å²) < 4.78 is 0. The Morgan fingerprint density at radius 1 is 1.75 bits per heavy atom. The summed E-state index contributed by atoms with van der Waals surface area (Å²) in [5, 5.41) is 2.83. The molecule has 3 nitrogen and oxygen atoms in total. The zero-order chi connectivity index (χ0) is 5.82. The minimum Gasteiger partial charge on any atom is -0.386 e. The minimum atomic E-state index is -0.199. The molecule has 1 rings (SSSR count). The van der Waals surface area contributed by atoms with E-state index in [4.69, 9.17) is 0 Å². The first-order chi connectivity index (χ1) is 3.89. The van der Waals surface area contributed by atoms with Gasteiger partial charge >= 0.3 is 0 Å². The fourth-order valence-corrected chi connectivity index (χ4v) is 0.430. The molecular weight excluding hydrogens is 104 g/mol. The van der Waals surface area contributed by atoms with Crippen molar-refractivity contribution in [3.8, 4) is 0 Å². The summed E-state index contributed by atoms with van der Waals surface area (Å²) >= 11 is 0. The highest BCUT2D eigenvalue weighted by Crippen LogP contribution is 1.78. The second-order valence-corrected chi connectivity index (χ2v) is 1.39. The molecule has 0 radical (unpaired) electrons. The van der Waals surface area contributed by atoms with Gasteiger partial charge < -0.3 is 5.32 Å². The predicted molar refractivity (Wildman–Crippen MR) is 30.6 cm³/mol. The molecule has 3 heteroatoms. The molecule has 42 valence electrons. The van der Waals surface area contributed by atoms with E-state index in [0.29, 0.717) is 6.54 Å². The maximum atomic E-state index is 10.4. The lowest BCUT2D eigenvalue weighted by Crippen LogP contribution is -2.05. The van der Waals surface area contributed by atoms with E-state index in [0.717, 1.165) is 0 Å². The molecule has 0 fully saturated rings. The van der Waals surface area contributed by atoms with E-state index < -0.39 is 0 Å². The van der Waals surface area contributed by atoms with Crippen LogP contribution in [0.4, 0.5) is 0 Å². The highest BCUT2D eigenvalue weighted by Gasteiger charge is 1.90. The Morgan fingerprint density at radius 2 is 2.62 bits per heavy atom. The normalized spacial score (nSPS) is 17.8. The van der Waals surface area contributed by atoms with Crippen molar-refractivity contribution in [1.82, 2.24) is 5.32 Å². The maximum Gasteiger partial charge on any atom is 0.270 e. The molecule has 0 aromatic heterocycles. The number of nitrogens with one attached hydrogen (secondary N) is 1. The third-order valence-electron chi connectivity index (χ3n) is 0.771. The number of aliphatic imine (C=N–C) groups is 1. The van der Waals surface area contributed by atoms with Crippen molar-refractivity contribution in [2.45, 2.75) is 0 Å². The van der Waals surface area contributed by atoms with E-state index in [1.54, 1.807) is 12.4 Å². The highest BCUT2D eigenvalue weighted by atomic mass is 16.1. The van der Waals surface area contributed by atoms with E-state index in [9.17, 15) is 4.79 Å². The molecule has 0 unspecified atom stereocenters. The first kappa shape index (κ1) is 5.03. The van der Waals surface area contributed by atoms with Gasteiger partial charge in [-0.1, -0.05) is 0 Å². The SMILES string of the molecule is O=C1C=CNCC=N1. The summed E-state index contributed by atoms with van der Waals surface area (Å²) in [5.41, 5.74) is 0. The Morgan fingerprint density at radius 3 is 3.50 bits per heavy atom. The van der Waals surface area contributed by atoms with E-state index in [2.05, 4.69) is 10.3 Å². The minimum absolute atomic E-state index is 0.199. The molecule has 1 amide bonds. The summed E-state index contributed by atoms with van der Waals surface area (Å²) in [7, 11) is 0. The number of carbonyl (C=O) groups is 1. The molecule has 1 heterocycles. The van der Waals surface area contributed by atoms with Gasteiger partial charge in [-0.3, -0.25) is 4.79 Å². The van der Waals surface area contributed by atoms with Gasteiger partial charge in [0.05, 0.1) is 0 Å². The van der Waals surface area contributed by atoms with Crippen LogP contribution in [0.2, 0.25) is 0 Å². The van der Waals surface area contributed by atoms with Crippen molar-refractivity contribution in [3.63, 3.8) is 0 Å². The quantitative estimate of drug-likeness (QED) is 0.465. The second kappa shape index (κ2) is 2.26. The highest BCUT2D eigenvalue weighted by molar-refractivity contribution is 5.94. The molecule has 0 saturated carbocycles. The Kier molecular flexibility index (Phi) is 1.42. The standard InChI is InChI=1S/C5H6N2O/c8-5-1-2-6-3-4-7-5/h1-2,4,6H,3H2. The molecular formula is C5H6N2O. The Labute approximate surface area is 47.1 Å². The Bertz CT molecular complexity index is 133. The monoisotopic (exact) mass is 110 g/mol. The van der Waals surface area contributed by atoms with Crippen LogP contribution in [-0.2, 0) is 4.79 Å². The first-order valence-corrected chi connectivity index (χ1v) is 2.36. The van der Waals surface area contributed by atoms with Crippen molar-refractivity contribution in [3.05, 3.63) is 12.3 Å². The van der Waals surface area contributed by atoms with Crippen LogP contribution < -0.4 is 5.32 Å². The van der Waals surface area contributed by atoms with E-state index in [-0.39, 0.29) is 5.91 Å². The molecule has 1 N–H and O–H groups in total. The van der Waals surface area contributed by atoms with Crippen LogP contribution in [0.5, 0.6) is 0 Å². The Balaban J connectivity index is 2.64. The smallest absolute Gasteiger partial charge is 0.270 e. The molecule has 0 aliphatic carbocycles. The van der Waals surface area contributed by atoms with Crippen LogP contribution in [0, 0.1) is 0 Å². The average molecular weight is 110 g/mol. The first-order valence-electron chi connectivity index (χ1n) is 2.36. The van der Waals surface area contributed by atoms with Gasteiger partial charge in [0, 0.05) is 25.0 Å². The largest absolute Gasteiger partial charge is 0.386 e. The van der Waals surface area contributed by atoms with Gasteiger partial charge in [-0.2, -0.15) is 0 Å². The third kappa shape index (κ3) is 1.18. The lowest BCUT2D eigenvalue weighted by molar-refractivity contribution is -0.113. The molecule has 8 heavy (non-hydrogen) atoms. The topological polar surface area (TPSA) is 41.5 Å². The van der Waals surface area contributed by atoms with Gasteiger partial charge in [0.1, 0.15) is 0 Å². The lowest BCUT2D eigenvalue weighted by atomic mass is 10.6. The number of nitrogens with zero attached hydrogens (tertiary/aromatic N) is 1.